The van der Waals surface area contributed by atoms with Gasteiger partial charge >= 0.3 is 0 Å². The highest BCUT2D eigenvalue weighted by atomic mass is 79.9. The molecule has 2 aromatic rings. The first-order valence-electron chi connectivity index (χ1n) is 3.73. The maximum Gasteiger partial charge on any atom is 0.210 e. The first-order chi connectivity index (χ1) is 5.36. The van der Waals surface area contributed by atoms with Crippen LogP contribution in [0.5, 0.6) is 0 Å². The second kappa shape index (κ2) is 3.68. The number of rotatable bonds is 0. The molecule has 0 amide bonds. The molecule has 0 radical (unpaired) electrons. The lowest BCUT2D eigenvalue weighted by atomic mass is 10.2. The summed E-state index contributed by atoms with van der Waals surface area (Å²) in [6.07, 6.45) is 4.12. The standard InChI is InChI=1S/C10H10N.BrH/c1-9-5-7-11-6-3-2-4-10(11)8-9;/h2-8H,1H3;1H/q+1;/p-1. The van der Waals surface area contributed by atoms with Crippen molar-refractivity contribution in [3.8, 4) is 0 Å². The predicted molar refractivity (Wildman–Crippen MR) is 44.3 cm³/mol. The molecule has 2 heterocycles. The van der Waals surface area contributed by atoms with Gasteiger partial charge in [-0.05, 0) is 18.6 Å². The van der Waals surface area contributed by atoms with Crippen LogP contribution in [0.15, 0.2) is 42.7 Å². The first kappa shape index (κ1) is 9.20. The fourth-order valence-corrected chi connectivity index (χ4v) is 1.21. The van der Waals surface area contributed by atoms with E-state index in [2.05, 4.69) is 48.0 Å². The molecule has 0 atom stereocenters. The Bertz CT molecular complexity index is 384. The summed E-state index contributed by atoms with van der Waals surface area (Å²) in [6.45, 7) is 2.10. The molecule has 0 aromatic carbocycles. The molecule has 0 saturated carbocycles. The predicted octanol–water partition coefficient (Wildman–Crippen LogP) is -1.26. The zero-order valence-corrected chi connectivity index (χ0v) is 8.45. The van der Waals surface area contributed by atoms with Gasteiger partial charge in [-0.15, -0.1) is 0 Å². The van der Waals surface area contributed by atoms with Crippen LogP contribution >= 0.6 is 0 Å². The number of fused-ring (bicyclic) bond motifs is 1. The smallest absolute Gasteiger partial charge is 0.210 e. The van der Waals surface area contributed by atoms with E-state index in [0.29, 0.717) is 0 Å². The monoisotopic (exact) mass is 223 g/mol. The highest BCUT2D eigenvalue weighted by Gasteiger charge is 1.97. The maximum atomic E-state index is 2.17. The molecule has 2 heteroatoms. The average molecular weight is 224 g/mol. The molecule has 2 rings (SSSR count). The van der Waals surface area contributed by atoms with E-state index in [0.717, 1.165) is 0 Å². The van der Waals surface area contributed by atoms with Crippen LogP contribution in [0.3, 0.4) is 0 Å². The molecule has 0 spiro atoms. The summed E-state index contributed by atoms with van der Waals surface area (Å²) in [6, 6.07) is 10.5. The van der Waals surface area contributed by atoms with Crippen LogP contribution in [0, 0.1) is 6.92 Å². The third-order valence-corrected chi connectivity index (χ3v) is 1.80. The Morgan fingerprint density at radius 2 is 1.92 bits per heavy atom. The molecular formula is C10H10BrN. The van der Waals surface area contributed by atoms with Gasteiger partial charge in [-0.3, -0.25) is 0 Å². The normalized spacial score (nSPS) is 9.42. The molecule has 0 N–H and O–H groups in total. The molecular weight excluding hydrogens is 214 g/mol. The number of nitrogens with zero attached hydrogens (tertiary/aromatic N) is 1. The molecule has 0 bridgehead atoms. The maximum absolute atomic E-state index is 2.17. The molecule has 0 aliphatic heterocycles. The SMILES string of the molecule is Cc1cc[n+]2ccccc2c1.[Br-]. The van der Waals surface area contributed by atoms with Gasteiger partial charge in [0.25, 0.3) is 0 Å². The van der Waals surface area contributed by atoms with E-state index in [1.54, 1.807) is 0 Å². The minimum atomic E-state index is 0. The van der Waals surface area contributed by atoms with Gasteiger partial charge in [0.1, 0.15) is 0 Å². The number of halogens is 1. The van der Waals surface area contributed by atoms with Gasteiger partial charge in [0.2, 0.25) is 5.52 Å². The molecule has 0 fully saturated rings. The topological polar surface area (TPSA) is 4.10 Å². The van der Waals surface area contributed by atoms with Crippen molar-refractivity contribution in [1.82, 2.24) is 0 Å². The van der Waals surface area contributed by atoms with Crippen LogP contribution in [-0.2, 0) is 0 Å². The van der Waals surface area contributed by atoms with E-state index in [1.807, 2.05) is 6.07 Å². The highest BCUT2D eigenvalue weighted by Crippen LogP contribution is 1.98. The Morgan fingerprint density at radius 3 is 2.75 bits per heavy atom. The van der Waals surface area contributed by atoms with Gasteiger partial charge in [0, 0.05) is 24.3 Å². The van der Waals surface area contributed by atoms with Crippen molar-refractivity contribution in [1.29, 1.82) is 0 Å². The fraction of sp³-hybridized carbons (Fsp3) is 0.100. The Morgan fingerprint density at radius 1 is 1.08 bits per heavy atom. The number of pyridine rings is 2. The second-order valence-electron chi connectivity index (χ2n) is 2.74. The van der Waals surface area contributed by atoms with Crippen LogP contribution in [0.2, 0.25) is 0 Å². The number of aromatic nitrogens is 1. The molecule has 12 heavy (non-hydrogen) atoms. The summed E-state index contributed by atoms with van der Waals surface area (Å²) in [5, 5.41) is 0. The molecule has 0 unspecified atom stereocenters. The Labute approximate surface area is 82.4 Å². The van der Waals surface area contributed by atoms with Gasteiger partial charge in [-0.2, -0.15) is 4.40 Å². The summed E-state index contributed by atoms with van der Waals surface area (Å²) in [7, 11) is 0. The summed E-state index contributed by atoms with van der Waals surface area (Å²) in [4.78, 5) is 0. The van der Waals surface area contributed by atoms with Crippen molar-refractivity contribution in [2.45, 2.75) is 6.92 Å². The minimum Gasteiger partial charge on any atom is -1.00 e. The largest absolute Gasteiger partial charge is 1.00 e. The van der Waals surface area contributed by atoms with Crippen molar-refractivity contribution in [3.05, 3.63) is 48.3 Å². The molecule has 62 valence electrons. The van der Waals surface area contributed by atoms with Gasteiger partial charge in [-0.25, -0.2) is 0 Å². The Kier molecular flexibility index (Phi) is 2.82. The lowest BCUT2D eigenvalue weighted by Crippen LogP contribution is -3.00. The minimum absolute atomic E-state index is 0. The zero-order chi connectivity index (χ0) is 7.68. The van der Waals surface area contributed by atoms with Crippen LogP contribution < -0.4 is 21.4 Å². The molecule has 0 saturated heterocycles. The lowest BCUT2D eigenvalue weighted by Gasteiger charge is -1.90. The van der Waals surface area contributed by atoms with Crippen LogP contribution in [-0.4, -0.2) is 0 Å². The summed E-state index contributed by atoms with van der Waals surface area (Å²) >= 11 is 0. The van der Waals surface area contributed by atoms with Gasteiger partial charge in [0.05, 0.1) is 0 Å². The number of hydrogen-bond donors (Lipinski definition) is 0. The van der Waals surface area contributed by atoms with Crippen LogP contribution in [0.1, 0.15) is 5.56 Å². The third kappa shape index (κ3) is 1.64. The average Bonchev–Trinajstić information content (AvgIpc) is 2.04. The Balaban J connectivity index is 0.000000720. The quantitative estimate of drug-likeness (QED) is 0.492. The van der Waals surface area contributed by atoms with Gasteiger partial charge in [0.15, 0.2) is 12.4 Å². The number of hydrogen-bond acceptors (Lipinski definition) is 0. The van der Waals surface area contributed by atoms with Crippen molar-refractivity contribution in [2.75, 3.05) is 0 Å². The van der Waals surface area contributed by atoms with E-state index in [1.165, 1.54) is 11.1 Å². The first-order valence-corrected chi connectivity index (χ1v) is 3.73. The second-order valence-corrected chi connectivity index (χ2v) is 2.74. The van der Waals surface area contributed by atoms with Crippen molar-refractivity contribution >= 4 is 5.52 Å². The van der Waals surface area contributed by atoms with Crippen molar-refractivity contribution < 1.29 is 21.4 Å². The molecule has 0 aliphatic carbocycles. The zero-order valence-electron chi connectivity index (χ0n) is 6.87. The van der Waals surface area contributed by atoms with E-state index in [9.17, 15) is 0 Å². The van der Waals surface area contributed by atoms with E-state index in [-0.39, 0.29) is 17.0 Å². The fourth-order valence-electron chi connectivity index (χ4n) is 1.21. The third-order valence-electron chi connectivity index (χ3n) is 1.80. The van der Waals surface area contributed by atoms with Crippen molar-refractivity contribution in [2.24, 2.45) is 0 Å². The van der Waals surface area contributed by atoms with Gasteiger partial charge < -0.3 is 17.0 Å². The Hall–Kier alpha value is -0.890. The summed E-state index contributed by atoms with van der Waals surface area (Å²) in [5.74, 6) is 0. The molecule has 0 aliphatic rings. The van der Waals surface area contributed by atoms with E-state index < -0.39 is 0 Å². The highest BCUT2D eigenvalue weighted by molar-refractivity contribution is 5.40. The van der Waals surface area contributed by atoms with E-state index in [4.69, 9.17) is 0 Å². The lowest BCUT2D eigenvalue weighted by molar-refractivity contribution is -0.512. The molecule has 1 nitrogen and oxygen atoms in total. The van der Waals surface area contributed by atoms with Crippen LogP contribution in [0.25, 0.3) is 5.52 Å². The van der Waals surface area contributed by atoms with Gasteiger partial charge in [-0.1, -0.05) is 0 Å². The number of aryl methyl sites for hydroxylation is 1. The summed E-state index contributed by atoms with van der Waals surface area (Å²) < 4.78 is 2.10. The summed E-state index contributed by atoms with van der Waals surface area (Å²) in [5.41, 5.74) is 2.55. The van der Waals surface area contributed by atoms with Crippen molar-refractivity contribution in [3.63, 3.8) is 0 Å². The van der Waals surface area contributed by atoms with E-state index >= 15 is 0 Å². The molecule has 2 aromatic heterocycles. The van der Waals surface area contributed by atoms with Crippen LogP contribution in [0.4, 0.5) is 0 Å².